The smallest absolute Gasteiger partial charge is 0.372 e. The van der Waals surface area contributed by atoms with Crippen molar-refractivity contribution in [2.75, 3.05) is 6.54 Å². The highest BCUT2D eigenvalue weighted by Gasteiger charge is 2.13. The fraction of sp³-hybridized carbons (Fsp3) is 0.500. The van der Waals surface area contributed by atoms with Gasteiger partial charge in [-0.15, -0.1) is 0 Å². The van der Waals surface area contributed by atoms with E-state index in [1.54, 1.807) is 6.07 Å². The van der Waals surface area contributed by atoms with E-state index in [0.717, 1.165) is 0 Å². The van der Waals surface area contributed by atoms with Crippen LogP contribution >= 0.6 is 0 Å². The third-order valence-electron chi connectivity index (χ3n) is 2.11. The molecule has 0 aliphatic carbocycles. The first kappa shape index (κ1) is 11.7. The van der Waals surface area contributed by atoms with Gasteiger partial charge in [-0.25, -0.2) is 4.79 Å². The van der Waals surface area contributed by atoms with E-state index in [2.05, 4.69) is 5.32 Å². The molecule has 1 aromatic rings. The first-order chi connectivity index (χ1) is 7.15. The lowest BCUT2D eigenvalue weighted by atomic mass is 10.2. The number of carboxylic acids is 1. The monoisotopic (exact) mass is 213 g/mol. The predicted octanol–water partition coefficient (Wildman–Crippen LogP) is 0.838. The lowest BCUT2D eigenvalue weighted by molar-refractivity contribution is 0.0660. The van der Waals surface area contributed by atoms with Crippen molar-refractivity contribution in [3.05, 3.63) is 23.7 Å². The van der Waals surface area contributed by atoms with Crippen LogP contribution < -0.4 is 5.32 Å². The number of carbonyl (C=O) groups is 1. The molecule has 84 valence electrons. The Balaban J connectivity index is 2.44. The molecule has 5 heteroatoms. The summed E-state index contributed by atoms with van der Waals surface area (Å²) in [5.74, 6) is -1.12. The molecule has 15 heavy (non-hydrogen) atoms. The molecule has 0 amide bonds. The molecule has 3 N–H and O–H groups in total. The minimum atomic E-state index is -1.08. The van der Waals surface area contributed by atoms with Crippen LogP contribution in [0.5, 0.6) is 0 Å². The van der Waals surface area contributed by atoms with Crippen LogP contribution in [0, 0.1) is 0 Å². The fourth-order valence-corrected chi connectivity index (χ4v) is 1.18. The SMILES string of the molecule is CCC(O)CNCc1ccoc1C(=O)O. The Morgan fingerprint density at radius 1 is 1.67 bits per heavy atom. The van der Waals surface area contributed by atoms with Gasteiger partial charge in [0, 0.05) is 18.7 Å². The van der Waals surface area contributed by atoms with Gasteiger partial charge < -0.3 is 19.9 Å². The highest BCUT2D eigenvalue weighted by atomic mass is 16.4. The van der Waals surface area contributed by atoms with E-state index in [9.17, 15) is 9.90 Å². The van der Waals surface area contributed by atoms with Gasteiger partial charge in [0.1, 0.15) is 0 Å². The summed E-state index contributed by atoms with van der Waals surface area (Å²) in [5, 5.41) is 21.0. The molecule has 0 aromatic carbocycles. The van der Waals surface area contributed by atoms with Crippen LogP contribution in [0.3, 0.4) is 0 Å². The molecular formula is C10H15NO4. The Labute approximate surface area is 87.7 Å². The van der Waals surface area contributed by atoms with Gasteiger partial charge in [-0.2, -0.15) is 0 Å². The zero-order valence-corrected chi connectivity index (χ0v) is 8.56. The third-order valence-corrected chi connectivity index (χ3v) is 2.11. The summed E-state index contributed by atoms with van der Waals surface area (Å²) in [5.41, 5.74) is 0.589. The van der Waals surface area contributed by atoms with Crippen molar-refractivity contribution >= 4 is 5.97 Å². The van der Waals surface area contributed by atoms with Gasteiger partial charge in [0.05, 0.1) is 12.4 Å². The maximum Gasteiger partial charge on any atom is 0.372 e. The maximum absolute atomic E-state index is 10.7. The maximum atomic E-state index is 10.7. The Bertz CT molecular complexity index is 321. The van der Waals surface area contributed by atoms with Crippen LogP contribution in [0.1, 0.15) is 29.5 Å². The summed E-state index contributed by atoms with van der Waals surface area (Å²) < 4.78 is 4.81. The molecule has 1 rings (SSSR count). The van der Waals surface area contributed by atoms with Crippen molar-refractivity contribution in [1.29, 1.82) is 0 Å². The largest absolute Gasteiger partial charge is 0.475 e. The molecular weight excluding hydrogens is 198 g/mol. The van der Waals surface area contributed by atoms with Crippen molar-refractivity contribution in [3.8, 4) is 0 Å². The second-order valence-electron chi connectivity index (χ2n) is 3.27. The van der Waals surface area contributed by atoms with E-state index in [-0.39, 0.29) is 5.76 Å². The van der Waals surface area contributed by atoms with Gasteiger partial charge in [0.15, 0.2) is 0 Å². The summed E-state index contributed by atoms with van der Waals surface area (Å²) >= 11 is 0. The molecule has 1 unspecified atom stereocenters. The molecule has 0 radical (unpaired) electrons. The first-order valence-corrected chi connectivity index (χ1v) is 4.83. The molecule has 1 heterocycles. The van der Waals surface area contributed by atoms with Crippen molar-refractivity contribution < 1.29 is 19.4 Å². The van der Waals surface area contributed by atoms with Crippen molar-refractivity contribution in [2.24, 2.45) is 0 Å². The Morgan fingerprint density at radius 3 is 3.00 bits per heavy atom. The number of nitrogens with one attached hydrogen (secondary N) is 1. The molecule has 0 saturated carbocycles. The normalized spacial score (nSPS) is 12.7. The molecule has 0 saturated heterocycles. The summed E-state index contributed by atoms with van der Waals surface area (Å²) in [6.07, 6.45) is 1.62. The number of carboxylic acid groups (broad SMARTS) is 1. The lowest BCUT2D eigenvalue weighted by Gasteiger charge is -2.08. The quantitative estimate of drug-likeness (QED) is 0.652. The van der Waals surface area contributed by atoms with Crippen LogP contribution in [0.4, 0.5) is 0 Å². The zero-order chi connectivity index (χ0) is 11.3. The fourth-order valence-electron chi connectivity index (χ4n) is 1.18. The van der Waals surface area contributed by atoms with Crippen molar-refractivity contribution in [1.82, 2.24) is 5.32 Å². The summed E-state index contributed by atoms with van der Waals surface area (Å²) in [6.45, 7) is 2.71. The average molecular weight is 213 g/mol. The van der Waals surface area contributed by atoms with Gasteiger partial charge in [-0.3, -0.25) is 0 Å². The van der Waals surface area contributed by atoms with Crippen LogP contribution in [-0.4, -0.2) is 28.8 Å². The molecule has 5 nitrogen and oxygen atoms in total. The van der Waals surface area contributed by atoms with Gasteiger partial charge in [-0.1, -0.05) is 6.92 Å². The molecule has 0 aliphatic heterocycles. The number of aliphatic hydroxyl groups excluding tert-OH is 1. The third kappa shape index (κ3) is 3.38. The lowest BCUT2D eigenvalue weighted by Crippen LogP contribution is -2.26. The van der Waals surface area contributed by atoms with Crippen LogP contribution in [0.25, 0.3) is 0 Å². The summed E-state index contributed by atoms with van der Waals surface area (Å²) in [6, 6.07) is 1.61. The molecule has 1 atom stereocenters. The van der Waals surface area contributed by atoms with E-state index in [4.69, 9.17) is 9.52 Å². The van der Waals surface area contributed by atoms with Gasteiger partial charge in [-0.05, 0) is 12.5 Å². The highest BCUT2D eigenvalue weighted by Crippen LogP contribution is 2.09. The number of aromatic carboxylic acids is 1. The molecule has 0 aliphatic rings. The minimum Gasteiger partial charge on any atom is -0.475 e. The number of hydrogen-bond donors (Lipinski definition) is 3. The second-order valence-corrected chi connectivity index (χ2v) is 3.27. The van der Waals surface area contributed by atoms with Crippen molar-refractivity contribution in [3.63, 3.8) is 0 Å². The first-order valence-electron chi connectivity index (χ1n) is 4.83. The predicted molar refractivity (Wildman–Crippen MR) is 53.7 cm³/mol. The van der Waals surface area contributed by atoms with E-state index >= 15 is 0 Å². The highest BCUT2D eigenvalue weighted by molar-refractivity contribution is 5.86. The molecule has 0 spiro atoms. The minimum absolute atomic E-state index is 0.0477. The Kier molecular flexibility index (Phi) is 4.33. The summed E-state index contributed by atoms with van der Waals surface area (Å²) in [7, 11) is 0. The molecule has 0 fully saturated rings. The van der Waals surface area contributed by atoms with Crippen LogP contribution in [-0.2, 0) is 6.54 Å². The van der Waals surface area contributed by atoms with E-state index in [1.165, 1.54) is 6.26 Å². The van der Waals surface area contributed by atoms with Crippen LogP contribution in [0.2, 0.25) is 0 Å². The molecule has 0 bridgehead atoms. The number of rotatable bonds is 6. The average Bonchev–Trinajstić information content (AvgIpc) is 2.65. The van der Waals surface area contributed by atoms with E-state index in [1.807, 2.05) is 6.92 Å². The van der Waals surface area contributed by atoms with Gasteiger partial charge in [0.2, 0.25) is 5.76 Å². The summed E-state index contributed by atoms with van der Waals surface area (Å²) in [4.78, 5) is 10.7. The van der Waals surface area contributed by atoms with Crippen LogP contribution in [0.15, 0.2) is 16.7 Å². The standard InChI is InChI=1S/C10H15NO4/c1-2-8(12)6-11-5-7-3-4-15-9(7)10(13)14/h3-4,8,11-12H,2,5-6H2,1H3,(H,13,14). The van der Waals surface area contributed by atoms with Gasteiger partial charge in [0.25, 0.3) is 0 Å². The van der Waals surface area contributed by atoms with E-state index < -0.39 is 12.1 Å². The Hall–Kier alpha value is -1.33. The van der Waals surface area contributed by atoms with E-state index in [0.29, 0.717) is 25.1 Å². The topological polar surface area (TPSA) is 82.7 Å². The Morgan fingerprint density at radius 2 is 2.40 bits per heavy atom. The number of furan rings is 1. The van der Waals surface area contributed by atoms with Gasteiger partial charge >= 0.3 is 5.97 Å². The second kappa shape index (κ2) is 5.53. The number of aliphatic hydroxyl groups is 1. The number of hydrogen-bond acceptors (Lipinski definition) is 4. The zero-order valence-electron chi connectivity index (χ0n) is 8.56. The van der Waals surface area contributed by atoms with Crippen molar-refractivity contribution in [2.45, 2.75) is 26.0 Å². The molecule has 1 aromatic heterocycles.